The molecule has 0 bridgehead atoms. The minimum Gasteiger partial charge on any atom is -0.379 e. The molecular weight excluding hydrogens is 526 g/mol. The molecule has 11 nitrogen and oxygen atoms in total. The van der Waals surface area contributed by atoms with E-state index in [9.17, 15) is 21.6 Å². The monoisotopic (exact) mass is 555 g/mol. The molecule has 1 fully saturated rings. The van der Waals surface area contributed by atoms with Crippen LogP contribution in [0.2, 0.25) is 0 Å². The van der Waals surface area contributed by atoms with E-state index in [-0.39, 0.29) is 27.9 Å². The van der Waals surface area contributed by atoms with Crippen molar-refractivity contribution in [1.29, 1.82) is 0 Å². The third kappa shape index (κ3) is 7.44. The van der Waals surface area contributed by atoms with Gasteiger partial charge in [0.05, 0.1) is 23.0 Å². The van der Waals surface area contributed by atoms with Crippen LogP contribution in [0, 0.1) is 13.8 Å². The molecule has 0 radical (unpaired) electrons. The van der Waals surface area contributed by atoms with Crippen LogP contribution in [-0.2, 0) is 29.6 Å². The number of sulfonamides is 2. The second-order valence-corrected chi connectivity index (χ2v) is 12.2. The molecular formula is C22H29N5O6S3. The first-order valence-electron chi connectivity index (χ1n) is 11.1. The molecule has 14 heteroatoms. The number of aryl methyl sites for hydroxylation is 2. The average Bonchev–Trinajstić information content (AvgIpc) is 2.85. The summed E-state index contributed by atoms with van der Waals surface area (Å²) in [7, 11) is -7.34. The normalized spacial score (nSPS) is 14.7. The molecule has 1 aliphatic rings. The number of thiocarbonyl (C=S) groups is 1. The molecule has 1 aliphatic heterocycles. The molecule has 2 aromatic carbocycles. The number of hydrogen-bond donors (Lipinski definition) is 4. The van der Waals surface area contributed by atoms with Gasteiger partial charge in [0.2, 0.25) is 26.0 Å². The van der Waals surface area contributed by atoms with E-state index in [0.29, 0.717) is 37.6 Å². The highest BCUT2D eigenvalue weighted by Crippen LogP contribution is 2.19. The zero-order valence-corrected chi connectivity index (χ0v) is 22.4. The van der Waals surface area contributed by atoms with Gasteiger partial charge in [0, 0.05) is 31.7 Å². The number of hydrogen-bond acceptors (Lipinski definition) is 7. The summed E-state index contributed by atoms with van der Waals surface area (Å²) < 4.78 is 59.3. The molecule has 196 valence electrons. The van der Waals surface area contributed by atoms with Gasteiger partial charge in [-0.2, -0.15) is 4.31 Å². The van der Waals surface area contributed by atoms with Crippen LogP contribution >= 0.6 is 12.2 Å². The maximum atomic E-state index is 12.7. The van der Waals surface area contributed by atoms with E-state index in [0.717, 1.165) is 5.56 Å². The summed E-state index contributed by atoms with van der Waals surface area (Å²) >= 11 is 5.14. The highest BCUT2D eigenvalue weighted by atomic mass is 32.2. The lowest BCUT2D eigenvalue weighted by molar-refractivity contribution is -0.121. The number of ether oxygens (including phenoxy) is 1. The van der Waals surface area contributed by atoms with Crippen molar-refractivity contribution in [3.8, 4) is 0 Å². The zero-order chi connectivity index (χ0) is 26.3. The van der Waals surface area contributed by atoms with Crippen LogP contribution in [0.4, 0.5) is 5.69 Å². The van der Waals surface area contributed by atoms with Crippen LogP contribution < -0.4 is 20.9 Å². The molecule has 0 atom stereocenters. The van der Waals surface area contributed by atoms with Crippen LogP contribution in [0.15, 0.2) is 52.3 Å². The van der Waals surface area contributed by atoms with Crippen molar-refractivity contribution in [2.75, 3.05) is 38.2 Å². The Kier molecular flexibility index (Phi) is 9.38. The summed E-state index contributed by atoms with van der Waals surface area (Å²) in [6.45, 7) is 4.76. The minimum atomic E-state index is -3.74. The number of rotatable bonds is 8. The number of nitrogens with zero attached hydrogens (tertiary/aromatic N) is 1. The number of amides is 1. The standard InChI is InChI=1S/C22H29N5O6S3/c1-16-3-4-17(2)20(15-16)35(29,30)23-10-9-21(28)25-26-22(34)24-18-5-7-19(8-6-18)36(31,32)27-11-13-33-14-12-27/h3-8,15,23H,9-14H2,1-2H3,(H,25,28)(H2,24,26,34). The van der Waals surface area contributed by atoms with E-state index in [1.54, 1.807) is 38.1 Å². The van der Waals surface area contributed by atoms with Gasteiger partial charge in [-0.15, -0.1) is 0 Å². The van der Waals surface area contributed by atoms with Crippen LogP contribution in [-0.4, -0.2) is 65.0 Å². The molecule has 36 heavy (non-hydrogen) atoms. The SMILES string of the molecule is Cc1ccc(C)c(S(=O)(=O)NCCC(=O)NNC(=S)Nc2ccc(S(=O)(=O)N3CCOCC3)cc2)c1. The largest absolute Gasteiger partial charge is 0.379 e. The second-order valence-electron chi connectivity index (χ2n) is 8.08. The van der Waals surface area contributed by atoms with E-state index in [4.69, 9.17) is 17.0 Å². The van der Waals surface area contributed by atoms with Gasteiger partial charge in [-0.05, 0) is 67.5 Å². The third-order valence-corrected chi connectivity index (χ3v) is 9.03. The molecule has 0 aliphatic carbocycles. The Morgan fingerprint density at radius 3 is 2.33 bits per heavy atom. The number of anilines is 1. The Hall–Kier alpha value is -2.62. The fraction of sp³-hybridized carbons (Fsp3) is 0.364. The Bertz CT molecular complexity index is 1310. The quantitative estimate of drug-likeness (QED) is 0.277. The first-order chi connectivity index (χ1) is 17.0. The van der Waals surface area contributed by atoms with Gasteiger partial charge in [-0.3, -0.25) is 15.6 Å². The van der Waals surface area contributed by atoms with E-state index < -0.39 is 26.0 Å². The molecule has 4 N–H and O–H groups in total. The first kappa shape index (κ1) is 28.0. The molecule has 3 rings (SSSR count). The summed E-state index contributed by atoms with van der Waals surface area (Å²) in [6.07, 6.45) is -0.117. The summed E-state index contributed by atoms with van der Waals surface area (Å²) in [4.78, 5) is 12.4. The van der Waals surface area contributed by atoms with Gasteiger partial charge in [-0.1, -0.05) is 12.1 Å². The first-order valence-corrected chi connectivity index (χ1v) is 14.4. The maximum absolute atomic E-state index is 12.7. The van der Waals surface area contributed by atoms with Crippen molar-refractivity contribution in [2.45, 2.75) is 30.1 Å². The highest BCUT2D eigenvalue weighted by molar-refractivity contribution is 7.89. The molecule has 1 saturated heterocycles. The predicted octanol–water partition coefficient (Wildman–Crippen LogP) is 1.01. The van der Waals surface area contributed by atoms with Gasteiger partial charge in [0.25, 0.3) is 0 Å². The fourth-order valence-corrected chi connectivity index (χ4v) is 6.31. The van der Waals surface area contributed by atoms with Gasteiger partial charge in [-0.25, -0.2) is 21.6 Å². The molecule has 0 unspecified atom stereocenters. The number of carbonyl (C=O) groups is 1. The van der Waals surface area contributed by atoms with Gasteiger partial charge in [0.15, 0.2) is 5.11 Å². The van der Waals surface area contributed by atoms with Crippen LogP contribution in [0.1, 0.15) is 17.5 Å². The van der Waals surface area contributed by atoms with Crippen LogP contribution in [0.3, 0.4) is 0 Å². The number of benzene rings is 2. The smallest absolute Gasteiger partial charge is 0.243 e. The third-order valence-electron chi connectivity index (χ3n) is 5.31. The number of carbonyl (C=O) groups excluding carboxylic acids is 1. The highest BCUT2D eigenvalue weighted by Gasteiger charge is 2.26. The Morgan fingerprint density at radius 2 is 1.67 bits per heavy atom. The van der Waals surface area contributed by atoms with Crippen molar-refractivity contribution in [2.24, 2.45) is 0 Å². The molecule has 2 aromatic rings. The lowest BCUT2D eigenvalue weighted by Crippen LogP contribution is -2.44. The molecule has 1 heterocycles. The fourth-order valence-electron chi connectivity index (χ4n) is 3.37. The Labute approximate surface area is 216 Å². The molecule has 0 saturated carbocycles. The van der Waals surface area contributed by atoms with Crippen molar-refractivity contribution in [1.82, 2.24) is 19.9 Å². The zero-order valence-electron chi connectivity index (χ0n) is 19.9. The number of hydrazine groups is 1. The lowest BCUT2D eigenvalue weighted by Gasteiger charge is -2.26. The Balaban J connectivity index is 1.43. The van der Waals surface area contributed by atoms with Crippen LogP contribution in [0.5, 0.6) is 0 Å². The van der Waals surface area contributed by atoms with Crippen molar-refractivity contribution >= 4 is 49.0 Å². The van der Waals surface area contributed by atoms with E-state index in [1.165, 1.54) is 16.4 Å². The lowest BCUT2D eigenvalue weighted by atomic mass is 10.2. The van der Waals surface area contributed by atoms with Crippen LogP contribution in [0.25, 0.3) is 0 Å². The van der Waals surface area contributed by atoms with Gasteiger partial charge in [0.1, 0.15) is 0 Å². The van der Waals surface area contributed by atoms with E-state index in [1.807, 2.05) is 6.07 Å². The predicted molar refractivity (Wildman–Crippen MR) is 139 cm³/mol. The van der Waals surface area contributed by atoms with E-state index >= 15 is 0 Å². The van der Waals surface area contributed by atoms with E-state index in [2.05, 4.69) is 20.9 Å². The molecule has 0 aromatic heterocycles. The number of morpholine rings is 1. The Morgan fingerprint density at radius 1 is 1.00 bits per heavy atom. The second kappa shape index (κ2) is 12.1. The number of nitrogens with one attached hydrogen (secondary N) is 4. The van der Waals surface area contributed by atoms with Crippen molar-refractivity contribution in [3.63, 3.8) is 0 Å². The van der Waals surface area contributed by atoms with Gasteiger partial charge >= 0.3 is 0 Å². The maximum Gasteiger partial charge on any atom is 0.243 e. The topological polar surface area (TPSA) is 146 Å². The minimum absolute atomic E-state index is 0.0723. The summed E-state index contributed by atoms with van der Waals surface area (Å²) in [6, 6.07) is 11.2. The molecule has 0 spiro atoms. The van der Waals surface area contributed by atoms with Gasteiger partial charge < -0.3 is 10.1 Å². The summed E-state index contributed by atoms with van der Waals surface area (Å²) in [5, 5.41) is 2.91. The summed E-state index contributed by atoms with van der Waals surface area (Å²) in [5.74, 6) is -0.477. The summed E-state index contributed by atoms with van der Waals surface area (Å²) in [5.41, 5.74) is 6.86. The van der Waals surface area contributed by atoms with Crippen molar-refractivity contribution < 1.29 is 26.4 Å². The molecule has 1 amide bonds. The average molecular weight is 556 g/mol. The van der Waals surface area contributed by atoms with Crippen molar-refractivity contribution in [3.05, 3.63) is 53.6 Å².